The molecule has 4 aromatic rings. The smallest absolute Gasteiger partial charge is 0.194 e. The summed E-state index contributed by atoms with van der Waals surface area (Å²) in [4.78, 5) is 13.0. The van der Waals surface area contributed by atoms with Crippen LogP contribution < -0.4 is 0 Å². The Morgan fingerprint density at radius 3 is 2.12 bits per heavy atom. The van der Waals surface area contributed by atoms with Crippen LogP contribution in [0.2, 0.25) is 0 Å². The molecule has 0 fully saturated rings. The molecule has 1 heteroatoms. The van der Waals surface area contributed by atoms with Crippen LogP contribution in [-0.2, 0) is 0 Å². The first-order valence-corrected chi connectivity index (χ1v) is 8.51. The van der Waals surface area contributed by atoms with Crippen molar-refractivity contribution >= 4 is 16.6 Å². The van der Waals surface area contributed by atoms with Crippen molar-refractivity contribution in [2.24, 2.45) is 0 Å². The number of carbonyl (C=O) groups is 1. The first kappa shape index (κ1) is 14.2. The van der Waals surface area contributed by atoms with E-state index in [-0.39, 0.29) is 5.78 Å². The number of fused-ring (bicyclic) bond motifs is 4. The molecule has 0 atom stereocenters. The third kappa shape index (κ3) is 1.99. The molecule has 0 N–H and O–H groups in total. The number of aryl methyl sites for hydroxylation is 1. The van der Waals surface area contributed by atoms with Crippen LogP contribution >= 0.6 is 0 Å². The largest absolute Gasteiger partial charge is 0.289 e. The van der Waals surface area contributed by atoms with E-state index in [0.717, 1.165) is 38.8 Å². The molecule has 1 nitrogen and oxygen atoms in total. The molecule has 0 amide bonds. The second-order valence-electron chi connectivity index (χ2n) is 6.64. The number of hydrogen-bond donors (Lipinski definition) is 0. The molecule has 1 aliphatic carbocycles. The minimum atomic E-state index is 0.129. The minimum absolute atomic E-state index is 0.129. The van der Waals surface area contributed by atoms with E-state index in [0.29, 0.717) is 0 Å². The normalized spacial score (nSPS) is 12.3. The van der Waals surface area contributed by atoms with Crippen molar-refractivity contribution in [2.45, 2.75) is 6.92 Å². The summed E-state index contributed by atoms with van der Waals surface area (Å²) in [6.45, 7) is 2.09. The van der Waals surface area contributed by atoms with E-state index in [4.69, 9.17) is 0 Å². The summed E-state index contributed by atoms with van der Waals surface area (Å²) in [5.74, 6) is 0.129. The Bertz CT molecular complexity index is 1150. The van der Waals surface area contributed by atoms with Crippen molar-refractivity contribution < 1.29 is 4.79 Å². The lowest BCUT2D eigenvalue weighted by atomic mass is 9.89. The van der Waals surface area contributed by atoms with Gasteiger partial charge in [0, 0.05) is 16.7 Å². The standard InChI is InChI=1S/C24H16O/c1-15-10-12-16(13-11-15)22-18-7-3-2-6-17(18)14-21-23(22)19-8-4-5-9-20(19)24(21)25/h2-14H,1H3. The van der Waals surface area contributed by atoms with Crippen LogP contribution in [0.25, 0.3) is 33.0 Å². The van der Waals surface area contributed by atoms with Crippen molar-refractivity contribution in [3.63, 3.8) is 0 Å². The van der Waals surface area contributed by atoms with Gasteiger partial charge in [-0.05, 0) is 40.5 Å². The summed E-state index contributed by atoms with van der Waals surface area (Å²) in [5, 5.41) is 2.30. The van der Waals surface area contributed by atoms with Gasteiger partial charge >= 0.3 is 0 Å². The fourth-order valence-electron chi connectivity index (χ4n) is 3.87. The molecule has 25 heavy (non-hydrogen) atoms. The van der Waals surface area contributed by atoms with E-state index in [2.05, 4.69) is 55.5 Å². The highest BCUT2D eigenvalue weighted by Gasteiger charge is 2.30. The molecule has 0 bridgehead atoms. The van der Waals surface area contributed by atoms with E-state index in [9.17, 15) is 4.79 Å². The van der Waals surface area contributed by atoms with Gasteiger partial charge < -0.3 is 0 Å². The van der Waals surface area contributed by atoms with Crippen molar-refractivity contribution in [1.82, 2.24) is 0 Å². The molecule has 1 aliphatic rings. The Kier molecular flexibility index (Phi) is 2.92. The average molecular weight is 320 g/mol. The summed E-state index contributed by atoms with van der Waals surface area (Å²) in [5.41, 5.74) is 7.29. The fraction of sp³-hybridized carbons (Fsp3) is 0.0417. The highest BCUT2D eigenvalue weighted by Crippen LogP contribution is 2.46. The lowest BCUT2D eigenvalue weighted by Crippen LogP contribution is -1.96. The molecule has 0 aliphatic heterocycles. The highest BCUT2D eigenvalue weighted by molar-refractivity contribution is 6.27. The zero-order valence-corrected chi connectivity index (χ0v) is 13.9. The van der Waals surface area contributed by atoms with Crippen LogP contribution in [0, 0.1) is 6.92 Å². The summed E-state index contributed by atoms with van der Waals surface area (Å²) in [7, 11) is 0. The predicted octanol–water partition coefficient (Wildman–Crippen LogP) is 6.03. The number of rotatable bonds is 1. The number of carbonyl (C=O) groups excluding carboxylic acids is 1. The van der Waals surface area contributed by atoms with Gasteiger partial charge in [0.05, 0.1) is 0 Å². The third-order valence-corrected chi connectivity index (χ3v) is 5.08. The Labute approximate surface area is 146 Å². The Morgan fingerprint density at radius 1 is 0.640 bits per heavy atom. The molecule has 0 heterocycles. The van der Waals surface area contributed by atoms with Crippen LogP contribution in [0.4, 0.5) is 0 Å². The molecule has 0 radical (unpaired) electrons. The summed E-state index contributed by atoms with van der Waals surface area (Å²) in [6, 6.07) is 26.9. The fourth-order valence-corrected chi connectivity index (χ4v) is 3.87. The quantitative estimate of drug-likeness (QED) is 0.369. The zero-order valence-electron chi connectivity index (χ0n) is 13.9. The summed E-state index contributed by atoms with van der Waals surface area (Å²) in [6.07, 6.45) is 0. The highest BCUT2D eigenvalue weighted by atomic mass is 16.1. The van der Waals surface area contributed by atoms with E-state index < -0.39 is 0 Å². The zero-order chi connectivity index (χ0) is 17.0. The second-order valence-corrected chi connectivity index (χ2v) is 6.64. The van der Waals surface area contributed by atoms with Crippen molar-refractivity contribution in [2.75, 3.05) is 0 Å². The van der Waals surface area contributed by atoms with Gasteiger partial charge in [-0.2, -0.15) is 0 Å². The summed E-state index contributed by atoms with van der Waals surface area (Å²) < 4.78 is 0. The van der Waals surface area contributed by atoms with E-state index in [1.807, 2.05) is 30.3 Å². The Morgan fingerprint density at radius 2 is 1.32 bits per heavy atom. The molecule has 4 aromatic carbocycles. The molecule has 0 spiro atoms. The van der Waals surface area contributed by atoms with Gasteiger partial charge in [0.1, 0.15) is 0 Å². The van der Waals surface area contributed by atoms with Crippen LogP contribution in [0.15, 0.2) is 78.9 Å². The maximum Gasteiger partial charge on any atom is 0.194 e. The summed E-state index contributed by atoms with van der Waals surface area (Å²) >= 11 is 0. The van der Waals surface area contributed by atoms with Crippen molar-refractivity contribution in [3.05, 3.63) is 95.6 Å². The molecule has 118 valence electrons. The number of ketones is 1. The van der Waals surface area contributed by atoms with Crippen molar-refractivity contribution in [3.8, 4) is 22.3 Å². The molecule has 0 saturated carbocycles. The maximum atomic E-state index is 13.0. The van der Waals surface area contributed by atoms with E-state index >= 15 is 0 Å². The van der Waals surface area contributed by atoms with E-state index in [1.54, 1.807) is 0 Å². The monoisotopic (exact) mass is 320 g/mol. The van der Waals surface area contributed by atoms with Gasteiger partial charge in [0.25, 0.3) is 0 Å². The molecule has 0 saturated heterocycles. The minimum Gasteiger partial charge on any atom is -0.289 e. The first-order valence-electron chi connectivity index (χ1n) is 8.51. The Hall–Kier alpha value is -3.19. The Balaban J connectivity index is 1.97. The van der Waals surface area contributed by atoms with Crippen LogP contribution in [-0.4, -0.2) is 5.78 Å². The average Bonchev–Trinajstić information content (AvgIpc) is 2.93. The van der Waals surface area contributed by atoms with Gasteiger partial charge in [0.15, 0.2) is 5.78 Å². The van der Waals surface area contributed by atoms with E-state index in [1.165, 1.54) is 10.9 Å². The number of benzene rings is 4. The van der Waals surface area contributed by atoms with Gasteiger partial charge in [-0.1, -0.05) is 78.4 Å². The van der Waals surface area contributed by atoms with Gasteiger partial charge in [0.2, 0.25) is 0 Å². The first-order chi connectivity index (χ1) is 12.2. The van der Waals surface area contributed by atoms with Gasteiger partial charge in [-0.15, -0.1) is 0 Å². The molecular formula is C24H16O. The van der Waals surface area contributed by atoms with Crippen LogP contribution in [0.3, 0.4) is 0 Å². The topological polar surface area (TPSA) is 17.1 Å². The molecule has 0 unspecified atom stereocenters. The number of hydrogen-bond acceptors (Lipinski definition) is 1. The predicted molar refractivity (Wildman–Crippen MR) is 103 cm³/mol. The molecular weight excluding hydrogens is 304 g/mol. The lowest BCUT2D eigenvalue weighted by molar-refractivity contribution is 0.104. The van der Waals surface area contributed by atoms with Crippen LogP contribution in [0.5, 0.6) is 0 Å². The lowest BCUT2D eigenvalue weighted by Gasteiger charge is -2.14. The molecule has 5 rings (SSSR count). The SMILES string of the molecule is Cc1ccc(-c2c3c(cc4ccccc24)C(=O)c2ccccc2-3)cc1. The van der Waals surface area contributed by atoms with Crippen molar-refractivity contribution in [1.29, 1.82) is 0 Å². The third-order valence-electron chi connectivity index (χ3n) is 5.08. The second kappa shape index (κ2) is 5.15. The van der Waals surface area contributed by atoms with Gasteiger partial charge in [-0.3, -0.25) is 4.79 Å². The maximum absolute atomic E-state index is 13.0. The van der Waals surface area contributed by atoms with Gasteiger partial charge in [-0.25, -0.2) is 0 Å². The molecule has 0 aromatic heterocycles. The van der Waals surface area contributed by atoms with Crippen LogP contribution in [0.1, 0.15) is 21.5 Å².